The van der Waals surface area contributed by atoms with E-state index in [2.05, 4.69) is 16.0 Å². The number of likely N-dealkylation sites (N-methyl/N-ethyl adjacent to an activating group) is 1. The van der Waals surface area contributed by atoms with E-state index in [0.29, 0.717) is 4.90 Å². The summed E-state index contributed by atoms with van der Waals surface area (Å²) in [7, 11) is 3.22. The van der Waals surface area contributed by atoms with Gasteiger partial charge in [0.1, 0.15) is 0 Å². The zero-order valence-corrected chi connectivity index (χ0v) is 13.4. The third-order valence-electron chi connectivity index (χ3n) is 3.73. The SMILES string of the molecule is CNC(=O)NC(=O)[C@H](c1ccccc1)[NH+](C)CC(=O)NC1CC1. The maximum Gasteiger partial charge on any atom is 0.321 e. The van der Waals surface area contributed by atoms with E-state index in [-0.39, 0.29) is 18.5 Å². The second-order valence-corrected chi connectivity index (χ2v) is 5.78. The van der Waals surface area contributed by atoms with Crippen LogP contribution >= 0.6 is 0 Å². The molecule has 23 heavy (non-hydrogen) atoms. The topological polar surface area (TPSA) is 91.7 Å². The predicted molar refractivity (Wildman–Crippen MR) is 84.7 cm³/mol. The molecule has 0 spiro atoms. The number of benzene rings is 1. The Morgan fingerprint density at radius 3 is 2.43 bits per heavy atom. The molecule has 7 heteroatoms. The van der Waals surface area contributed by atoms with Crippen molar-refractivity contribution in [3.63, 3.8) is 0 Å². The van der Waals surface area contributed by atoms with E-state index in [1.165, 1.54) is 7.05 Å². The van der Waals surface area contributed by atoms with Gasteiger partial charge in [-0.3, -0.25) is 14.9 Å². The zero-order chi connectivity index (χ0) is 16.8. The lowest BCUT2D eigenvalue weighted by molar-refractivity contribution is -0.894. The maximum atomic E-state index is 12.4. The highest BCUT2D eigenvalue weighted by molar-refractivity contribution is 5.96. The molecule has 1 fully saturated rings. The van der Waals surface area contributed by atoms with Crippen molar-refractivity contribution in [1.29, 1.82) is 0 Å². The first kappa shape index (κ1) is 17.0. The van der Waals surface area contributed by atoms with Gasteiger partial charge in [0.15, 0.2) is 12.6 Å². The van der Waals surface area contributed by atoms with E-state index >= 15 is 0 Å². The summed E-state index contributed by atoms with van der Waals surface area (Å²) in [4.78, 5) is 36.6. The standard InChI is InChI=1S/C16H22N4O3/c1-17-16(23)19-15(22)14(11-6-4-3-5-7-11)20(2)10-13(21)18-12-8-9-12/h3-7,12,14H,8-10H2,1-2H3,(H,18,21)(H2,17,19,22,23)/p+1/t14-/m0/s1. The lowest BCUT2D eigenvalue weighted by Gasteiger charge is -2.23. The summed E-state index contributed by atoms with van der Waals surface area (Å²) in [5.41, 5.74) is 0.755. The van der Waals surface area contributed by atoms with Crippen LogP contribution in [0.1, 0.15) is 24.4 Å². The second kappa shape index (κ2) is 7.73. The van der Waals surface area contributed by atoms with Gasteiger partial charge >= 0.3 is 6.03 Å². The third kappa shape index (κ3) is 5.07. The van der Waals surface area contributed by atoms with Gasteiger partial charge in [0, 0.05) is 18.7 Å². The minimum atomic E-state index is -0.640. The van der Waals surface area contributed by atoms with Gasteiger partial charge in [-0.1, -0.05) is 30.3 Å². The summed E-state index contributed by atoms with van der Waals surface area (Å²) >= 11 is 0. The van der Waals surface area contributed by atoms with Crippen LogP contribution in [0.15, 0.2) is 30.3 Å². The number of carbonyl (C=O) groups is 3. The molecule has 1 saturated carbocycles. The Morgan fingerprint density at radius 1 is 1.22 bits per heavy atom. The van der Waals surface area contributed by atoms with Crippen LogP contribution in [0.4, 0.5) is 4.79 Å². The highest BCUT2D eigenvalue weighted by atomic mass is 16.2. The van der Waals surface area contributed by atoms with Crippen LogP contribution in [0.25, 0.3) is 0 Å². The van der Waals surface area contributed by atoms with Gasteiger partial charge in [-0.25, -0.2) is 4.79 Å². The lowest BCUT2D eigenvalue weighted by Crippen LogP contribution is -3.11. The molecule has 1 unspecified atom stereocenters. The Hall–Kier alpha value is -2.41. The quantitative estimate of drug-likeness (QED) is 0.541. The number of nitrogens with one attached hydrogen (secondary N) is 4. The first-order chi connectivity index (χ1) is 11.0. The summed E-state index contributed by atoms with van der Waals surface area (Å²) in [5, 5.41) is 7.56. The molecule has 4 N–H and O–H groups in total. The number of carbonyl (C=O) groups excluding carboxylic acids is 3. The van der Waals surface area contributed by atoms with E-state index in [9.17, 15) is 14.4 Å². The molecular formula is C16H23N4O3+. The van der Waals surface area contributed by atoms with Crippen LogP contribution < -0.4 is 20.9 Å². The van der Waals surface area contributed by atoms with Gasteiger partial charge in [0.2, 0.25) is 0 Å². The molecule has 2 atom stereocenters. The molecule has 2 rings (SSSR count). The molecule has 0 saturated heterocycles. The number of urea groups is 1. The summed E-state index contributed by atoms with van der Waals surface area (Å²) in [5.74, 6) is -0.522. The van der Waals surface area contributed by atoms with Crippen LogP contribution in [-0.4, -0.2) is 44.5 Å². The average Bonchev–Trinajstić information content (AvgIpc) is 3.32. The van der Waals surface area contributed by atoms with Crippen LogP contribution in [0.3, 0.4) is 0 Å². The molecule has 0 heterocycles. The number of imide groups is 1. The number of hydrogen-bond donors (Lipinski definition) is 4. The first-order valence-corrected chi connectivity index (χ1v) is 7.70. The molecule has 124 valence electrons. The van der Waals surface area contributed by atoms with Crippen LogP contribution in [-0.2, 0) is 9.59 Å². The number of rotatable bonds is 6. The van der Waals surface area contributed by atoms with Gasteiger partial charge in [0.05, 0.1) is 7.05 Å². The van der Waals surface area contributed by atoms with Crippen LogP contribution in [0, 0.1) is 0 Å². The highest BCUT2D eigenvalue weighted by Crippen LogP contribution is 2.18. The Labute approximate surface area is 135 Å². The van der Waals surface area contributed by atoms with Crippen molar-refractivity contribution < 1.29 is 19.3 Å². The minimum absolute atomic E-state index is 0.0846. The van der Waals surface area contributed by atoms with Crippen molar-refractivity contribution in [2.45, 2.75) is 24.9 Å². The molecule has 1 aromatic rings. The highest BCUT2D eigenvalue weighted by Gasteiger charge is 2.32. The molecule has 1 aromatic carbocycles. The fourth-order valence-electron chi connectivity index (χ4n) is 2.41. The fraction of sp³-hybridized carbons (Fsp3) is 0.438. The molecule has 7 nitrogen and oxygen atoms in total. The number of amides is 4. The Morgan fingerprint density at radius 2 is 1.87 bits per heavy atom. The van der Waals surface area contributed by atoms with E-state index in [1.54, 1.807) is 7.05 Å². The average molecular weight is 319 g/mol. The number of quaternary nitrogens is 1. The summed E-state index contributed by atoms with van der Waals surface area (Å²) in [6.07, 6.45) is 2.04. The molecule has 1 aliphatic carbocycles. The molecule has 1 aliphatic rings. The van der Waals surface area contributed by atoms with E-state index in [0.717, 1.165) is 18.4 Å². The Kier molecular flexibility index (Phi) is 5.70. The largest absolute Gasteiger partial charge is 0.348 e. The van der Waals surface area contributed by atoms with E-state index in [1.807, 2.05) is 30.3 Å². The predicted octanol–water partition coefficient (Wildman–Crippen LogP) is -1.02. The molecule has 0 aromatic heterocycles. The van der Waals surface area contributed by atoms with Crippen molar-refractivity contribution in [3.05, 3.63) is 35.9 Å². The smallest absolute Gasteiger partial charge is 0.321 e. The summed E-state index contributed by atoms with van der Waals surface area (Å²) in [6.45, 7) is 0.164. The molecular weight excluding hydrogens is 296 g/mol. The van der Waals surface area contributed by atoms with Gasteiger partial charge in [-0.15, -0.1) is 0 Å². The molecule has 0 bridgehead atoms. The minimum Gasteiger partial charge on any atom is -0.348 e. The summed E-state index contributed by atoms with van der Waals surface area (Å²) in [6, 6.07) is 8.22. The maximum absolute atomic E-state index is 12.4. The van der Waals surface area contributed by atoms with Crippen molar-refractivity contribution in [3.8, 4) is 0 Å². The Bertz CT molecular complexity index is 572. The van der Waals surface area contributed by atoms with Gasteiger partial charge in [0.25, 0.3) is 11.8 Å². The Balaban J connectivity index is 2.09. The van der Waals surface area contributed by atoms with E-state index in [4.69, 9.17) is 0 Å². The first-order valence-electron chi connectivity index (χ1n) is 7.70. The van der Waals surface area contributed by atoms with E-state index < -0.39 is 18.0 Å². The number of hydrogen-bond acceptors (Lipinski definition) is 3. The van der Waals surface area contributed by atoms with Gasteiger partial charge in [-0.05, 0) is 12.8 Å². The van der Waals surface area contributed by atoms with Crippen molar-refractivity contribution in [2.24, 2.45) is 0 Å². The molecule has 0 aliphatic heterocycles. The van der Waals surface area contributed by atoms with Crippen molar-refractivity contribution >= 4 is 17.8 Å². The molecule has 4 amide bonds. The lowest BCUT2D eigenvalue weighted by atomic mass is 10.0. The third-order valence-corrected chi connectivity index (χ3v) is 3.73. The van der Waals surface area contributed by atoms with Crippen molar-refractivity contribution in [2.75, 3.05) is 20.6 Å². The molecule has 0 radical (unpaired) electrons. The second-order valence-electron chi connectivity index (χ2n) is 5.78. The van der Waals surface area contributed by atoms with Crippen LogP contribution in [0.5, 0.6) is 0 Å². The van der Waals surface area contributed by atoms with Gasteiger partial charge < -0.3 is 15.5 Å². The van der Waals surface area contributed by atoms with Gasteiger partial charge in [-0.2, -0.15) is 0 Å². The normalized spacial score (nSPS) is 16.1. The van der Waals surface area contributed by atoms with Crippen molar-refractivity contribution in [1.82, 2.24) is 16.0 Å². The zero-order valence-electron chi connectivity index (χ0n) is 13.4. The monoisotopic (exact) mass is 319 g/mol. The van der Waals surface area contributed by atoms with Crippen LogP contribution in [0.2, 0.25) is 0 Å². The fourth-order valence-corrected chi connectivity index (χ4v) is 2.41. The summed E-state index contributed by atoms with van der Waals surface area (Å²) < 4.78 is 0.